The molecule has 0 unspecified atom stereocenters. The van der Waals surface area contributed by atoms with Crippen LogP contribution in [0.3, 0.4) is 0 Å². The Morgan fingerprint density at radius 3 is 1.55 bits per heavy atom. The van der Waals surface area contributed by atoms with Gasteiger partial charge >= 0.3 is 12.2 Å². The second-order valence-electron chi connectivity index (χ2n) is 19.8. The lowest BCUT2D eigenvalue weighted by Crippen LogP contribution is -2.55. The number of carbonyl (C=O) groups excluding carboxylic acids is 3. The van der Waals surface area contributed by atoms with Gasteiger partial charge in [0.05, 0.1) is 11.1 Å². The van der Waals surface area contributed by atoms with Crippen LogP contribution in [-0.4, -0.2) is 96.4 Å². The number of halogens is 2. The van der Waals surface area contributed by atoms with E-state index in [4.69, 9.17) is 21.1 Å². The average molecular weight is 850 g/mol. The van der Waals surface area contributed by atoms with E-state index in [9.17, 15) is 14.4 Å². The van der Waals surface area contributed by atoms with Gasteiger partial charge in [0.25, 0.3) is 0 Å². The summed E-state index contributed by atoms with van der Waals surface area (Å²) in [6.45, 7) is 21.1. The van der Waals surface area contributed by atoms with Crippen LogP contribution in [0.15, 0.2) is 24.3 Å². The number of cyclic esters (lactones) is 2. The molecule has 4 heterocycles. The van der Waals surface area contributed by atoms with Crippen LogP contribution in [0.5, 0.6) is 0 Å². The molecule has 58 heavy (non-hydrogen) atoms. The lowest BCUT2D eigenvalue weighted by atomic mass is 9.63. The number of carbonyl (C=O) groups is 3. The highest BCUT2D eigenvalue weighted by molar-refractivity contribution is 6.30. The second kappa shape index (κ2) is 21.5. The molecule has 7 rings (SSSR count). The van der Waals surface area contributed by atoms with E-state index in [1.807, 2.05) is 41.0 Å². The van der Waals surface area contributed by atoms with Crippen molar-refractivity contribution in [1.82, 2.24) is 20.0 Å². The summed E-state index contributed by atoms with van der Waals surface area (Å²) in [5.41, 5.74) is 1.12. The summed E-state index contributed by atoms with van der Waals surface area (Å²) in [7, 11) is 0. The molecule has 6 aliphatic rings. The fraction of sp³-hybridized carbons (Fsp3) is 0.809. The van der Waals surface area contributed by atoms with Gasteiger partial charge in [-0.15, -0.1) is 12.4 Å². The fourth-order valence-electron chi connectivity index (χ4n) is 10.8. The van der Waals surface area contributed by atoms with Crippen LogP contribution in [0.4, 0.5) is 9.59 Å². The Labute approximate surface area is 362 Å². The van der Waals surface area contributed by atoms with Gasteiger partial charge in [0, 0.05) is 37.1 Å². The molecule has 2 saturated carbocycles. The molecule has 1 atom stereocenters. The maximum atomic E-state index is 13.3. The smallest absolute Gasteiger partial charge is 0.410 e. The summed E-state index contributed by atoms with van der Waals surface area (Å²) < 4.78 is 10.7. The van der Waals surface area contributed by atoms with Gasteiger partial charge in [-0.25, -0.2) is 9.59 Å². The van der Waals surface area contributed by atoms with E-state index in [0.29, 0.717) is 24.5 Å². The molecule has 4 saturated heterocycles. The van der Waals surface area contributed by atoms with Crippen molar-refractivity contribution in [3.8, 4) is 0 Å². The van der Waals surface area contributed by atoms with Gasteiger partial charge in [-0.3, -0.25) is 14.6 Å². The summed E-state index contributed by atoms with van der Waals surface area (Å²) in [5, 5.41) is 4.22. The number of likely N-dealkylation sites (tertiary alicyclic amines) is 1. The van der Waals surface area contributed by atoms with Gasteiger partial charge < -0.3 is 19.7 Å². The third-order valence-electron chi connectivity index (χ3n) is 14.4. The fourth-order valence-corrected chi connectivity index (χ4v) is 10.9. The number of rotatable bonds is 9. The summed E-state index contributed by atoms with van der Waals surface area (Å²) in [5.74, 6) is 1.60. The Morgan fingerprint density at radius 1 is 0.741 bits per heavy atom. The number of ether oxygens (including phenoxy) is 2. The van der Waals surface area contributed by atoms with Crippen molar-refractivity contribution >= 4 is 42.1 Å². The Kier molecular flexibility index (Phi) is 18.0. The number of nitrogens with one attached hydrogen (secondary N) is 1. The first-order valence-electron chi connectivity index (χ1n) is 22.8. The van der Waals surface area contributed by atoms with Gasteiger partial charge in [0.15, 0.2) is 0 Å². The summed E-state index contributed by atoms with van der Waals surface area (Å²) in [6.07, 6.45) is 19.2. The van der Waals surface area contributed by atoms with E-state index in [1.165, 1.54) is 83.5 Å². The van der Waals surface area contributed by atoms with Crippen LogP contribution >= 0.6 is 24.0 Å². The quantitative estimate of drug-likeness (QED) is 0.266. The van der Waals surface area contributed by atoms with Gasteiger partial charge in [0.1, 0.15) is 13.2 Å². The van der Waals surface area contributed by atoms with Crippen molar-refractivity contribution in [1.29, 1.82) is 0 Å². The van der Waals surface area contributed by atoms with Gasteiger partial charge in [-0.05, 0) is 139 Å². The Hall–Kier alpha value is -2.23. The average Bonchev–Trinajstić information content (AvgIpc) is 3.63. The zero-order chi connectivity index (χ0) is 41.3. The van der Waals surface area contributed by atoms with E-state index in [0.717, 1.165) is 75.0 Å². The predicted molar refractivity (Wildman–Crippen MR) is 238 cm³/mol. The molecule has 6 fully saturated rings. The largest absolute Gasteiger partial charge is 0.447 e. The Morgan fingerprint density at radius 2 is 1.16 bits per heavy atom. The van der Waals surface area contributed by atoms with Crippen LogP contribution in [0.2, 0.25) is 5.02 Å². The van der Waals surface area contributed by atoms with E-state index in [2.05, 4.69) is 51.8 Å². The van der Waals surface area contributed by atoms with Crippen molar-refractivity contribution in [3.63, 3.8) is 0 Å². The zero-order valence-corrected chi connectivity index (χ0v) is 38.8. The van der Waals surface area contributed by atoms with E-state index in [1.54, 1.807) is 0 Å². The zero-order valence-electron chi connectivity index (χ0n) is 37.2. The van der Waals surface area contributed by atoms with E-state index >= 15 is 0 Å². The Balaban J connectivity index is 0.000000256. The summed E-state index contributed by atoms with van der Waals surface area (Å²) >= 11 is 6.00. The number of piperidine rings is 2. The molecule has 1 aromatic carbocycles. The number of hydrogen-bond acceptors (Lipinski definition) is 6. The van der Waals surface area contributed by atoms with E-state index < -0.39 is 0 Å². The molecule has 1 N–H and O–H groups in total. The maximum absolute atomic E-state index is 13.3. The third-order valence-corrected chi connectivity index (χ3v) is 14.7. The number of amides is 3. The molecule has 0 bridgehead atoms. The molecule has 0 aromatic heterocycles. The minimum atomic E-state index is -0.265. The standard InChI is InChI=1S/C27H39ClN2O3.C17H30N2O2.C3H8.ClH/c1-20(17-21-9-11-23(28)12-10-21)24(31)29-15-13-27(14-16-29,22-7-5-4-6-8-22)18-30-25(32)33-19-26(30,2)3;1-16(2)13-21-15(20)19(16)12-17(8-10-18-11-9-17)14-6-4-3-5-7-14;1-3-2;/h9-12,20,22H,4-8,13-19H2,1-3H3;14,18H,3-13H2,1-2H3;3H2,1-2H3;1H/t20-;;;/m1.../s1. The molecule has 3 amide bonds. The molecule has 9 nitrogen and oxygen atoms in total. The Bertz CT molecular complexity index is 1450. The highest BCUT2D eigenvalue weighted by atomic mass is 35.5. The summed E-state index contributed by atoms with van der Waals surface area (Å²) in [6, 6.07) is 7.79. The first-order chi connectivity index (χ1) is 27.1. The molecule has 1 aromatic rings. The van der Waals surface area contributed by atoms with Crippen molar-refractivity contribution in [2.75, 3.05) is 52.5 Å². The topological polar surface area (TPSA) is 91.4 Å². The molecular weight excluding hydrogens is 771 g/mol. The number of benzene rings is 1. The van der Waals surface area contributed by atoms with Crippen molar-refractivity contribution in [3.05, 3.63) is 34.9 Å². The summed E-state index contributed by atoms with van der Waals surface area (Å²) in [4.78, 5) is 44.1. The predicted octanol–water partition coefficient (Wildman–Crippen LogP) is 10.9. The SMILES string of the molecule is CC1(C)COC(=O)N1CC1(C2CCCCC2)CCNCC1.CCC.C[C@H](Cc1ccc(Cl)cc1)C(=O)N1CCC(CN2C(=O)OCC2(C)C)(C2CCCCC2)CC1.Cl. The van der Waals surface area contributed by atoms with Crippen LogP contribution in [0.1, 0.15) is 150 Å². The van der Waals surface area contributed by atoms with E-state index in [-0.39, 0.29) is 52.9 Å². The molecule has 0 spiro atoms. The minimum absolute atomic E-state index is 0. The van der Waals surface area contributed by atoms with Crippen molar-refractivity contribution in [2.24, 2.45) is 28.6 Å². The molecule has 2 aliphatic carbocycles. The van der Waals surface area contributed by atoms with Gasteiger partial charge in [0.2, 0.25) is 5.91 Å². The number of hydrogen-bond donors (Lipinski definition) is 1. The monoisotopic (exact) mass is 849 g/mol. The molecule has 4 aliphatic heterocycles. The highest BCUT2D eigenvalue weighted by Gasteiger charge is 2.50. The molecular formula is C47H78Cl2N4O5. The first kappa shape index (κ1) is 48.4. The van der Waals surface area contributed by atoms with Crippen LogP contribution in [0.25, 0.3) is 0 Å². The second-order valence-corrected chi connectivity index (χ2v) is 20.3. The lowest BCUT2D eigenvalue weighted by molar-refractivity contribution is -0.138. The lowest BCUT2D eigenvalue weighted by Gasteiger charge is -2.50. The normalized spacial score (nSPS) is 24.6. The van der Waals surface area contributed by atoms with Crippen LogP contribution < -0.4 is 5.32 Å². The minimum Gasteiger partial charge on any atom is -0.447 e. The molecule has 0 radical (unpaired) electrons. The van der Waals surface area contributed by atoms with Crippen molar-refractivity contribution in [2.45, 2.75) is 162 Å². The third kappa shape index (κ3) is 12.0. The van der Waals surface area contributed by atoms with Crippen LogP contribution in [0, 0.1) is 28.6 Å². The number of nitrogens with zero attached hydrogens (tertiary/aromatic N) is 3. The van der Waals surface area contributed by atoms with Gasteiger partial charge in [-0.2, -0.15) is 0 Å². The highest BCUT2D eigenvalue weighted by Crippen LogP contribution is 2.49. The first-order valence-corrected chi connectivity index (χ1v) is 23.2. The van der Waals surface area contributed by atoms with Crippen LogP contribution in [-0.2, 0) is 20.7 Å². The molecule has 330 valence electrons. The van der Waals surface area contributed by atoms with Crippen molar-refractivity contribution < 1.29 is 23.9 Å². The molecule has 11 heteroatoms. The van der Waals surface area contributed by atoms with Gasteiger partial charge in [-0.1, -0.05) is 89.5 Å². The maximum Gasteiger partial charge on any atom is 0.410 e.